The molecule has 2 aliphatic rings. The van der Waals surface area contributed by atoms with Crippen LogP contribution in [0.25, 0.3) is 44.3 Å². The van der Waals surface area contributed by atoms with Crippen LogP contribution in [0.2, 0.25) is 0 Å². The zero-order valence-corrected chi connectivity index (χ0v) is 27.3. The van der Waals surface area contributed by atoms with Crippen molar-refractivity contribution in [2.24, 2.45) is 0 Å². The van der Waals surface area contributed by atoms with Gasteiger partial charge in [-0.05, 0) is 123 Å². The number of rotatable bonds is 7. The number of benzene rings is 2. The number of aromatic nitrogens is 2. The largest absolute Gasteiger partial charge is 0.478 e. The number of pyridine rings is 1. The highest BCUT2D eigenvalue weighted by Gasteiger charge is 2.23. The van der Waals surface area contributed by atoms with Crippen molar-refractivity contribution in [3.63, 3.8) is 0 Å². The van der Waals surface area contributed by atoms with Gasteiger partial charge in [-0.3, -0.25) is 4.79 Å². The number of thiazole rings is 1. The molecule has 1 aliphatic carbocycles. The van der Waals surface area contributed by atoms with E-state index < -0.39 is 5.97 Å². The summed E-state index contributed by atoms with van der Waals surface area (Å²) >= 11 is 1.67. The van der Waals surface area contributed by atoms with Crippen LogP contribution in [-0.4, -0.2) is 44.9 Å². The fourth-order valence-electron chi connectivity index (χ4n) is 6.94. The van der Waals surface area contributed by atoms with Gasteiger partial charge in [-0.2, -0.15) is 0 Å². The van der Waals surface area contributed by atoms with Crippen molar-refractivity contribution >= 4 is 45.8 Å². The monoisotopic (exact) mass is 619 g/mol. The molecule has 2 aromatic carbocycles. The van der Waals surface area contributed by atoms with Crippen molar-refractivity contribution in [1.82, 2.24) is 14.9 Å². The van der Waals surface area contributed by atoms with Crippen molar-refractivity contribution in [1.29, 1.82) is 0 Å². The zero-order valence-electron chi connectivity index (χ0n) is 26.4. The topological polar surface area (TPSA) is 83.4 Å². The van der Waals surface area contributed by atoms with Crippen LogP contribution in [0.15, 0.2) is 54.6 Å². The molecule has 1 N–H and O–H groups in total. The molecule has 6 rings (SSSR count). The second kappa shape index (κ2) is 13.5. The molecule has 0 unspecified atom stereocenters. The zero-order chi connectivity index (χ0) is 31.5. The molecule has 1 aliphatic heterocycles. The van der Waals surface area contributed by atoms with Crippen LogP contribution in [0.5, 0.6) is 0 Å². The average Bonchev–Trinajstić information content (AvgIpc) is 3.40. The molecule has 0 atom stereocenters. The summed E-state index contributed by atoms with van der Waals surface area (Å²) in [5, 5.41) is 11.6. The Hall–Kier alpha value is -4.10. The van der Waals surface area contributed by atoms with Crippen LogP contribution in [0.3, 0.4) is 0 Å². The molecule has 3 heterocycles. The lowest BCUT2D eigenvalue weighted by molar-refractivity contribution is -0.131. The van der Waals surface area contributed by atoms with Gasteiger partial charge in [0, 0.05) is 30.6 Å². The van der Waals surface area contributed by atoms with Gasteiger partial charge in [-0.25, -0.2) is 14.8 Å². The minimum absolute atomic E-state index is 0.0342. The third kappa shape index (κ3) is 6.94. The predicted molar refractivity (Wildman–Crippen MR) is 184 cm³/mol. The second-order valence-electron chi connectivity index (χ2n) is 12.5. The van der Waals surface area contributed by atoms with Crippen LogP contribution >= 0.6 is 11.3 Å². The lowest BCUT2D eigenvalue weighted by Crippen LogP contribution is -2.34. The summed E-state index contributed by atoms with van der Waals surface area (Å²) in [5.41, 5.74) is 8.82. The third-order valence-electron chi connectivity index (χ3n) is 9.23. The molecule has 0 radical (unpaired) electrons. The summed E-state index contributed by atoms with van der Waals surface area (Å²) < 4.78 is 0. The molecule has 2 fully saturated rings. The van der Waals surface area contributed by atoms with Crippen LogP contribution in [-0.2, 0) is 9.59 Å². The van der Waals surface area contributed by atoms with E-state index in [4.69, 9.17) is 4.98 Å². The van der Waals surface area contributed by atoms with Gasteiger partial charge in [0.2, 0.25) is 5.91 Å². The van der Waals surface area contributed by atoms with Crippen LogP contribution in [0.1, 0.15) is 91.6 Å². The SMILES string of the molecule is C/C(=C/C(=O)O)c1cc(/C=C/C(=O)N2CCCCC2)c(-c2ccc3nc(-c4sc(C)nc4C)ccc3c2)c(C2CCCCC2)c1. The molecule has 4 aromatic rings. The molecule has 7 heteroatoms. The number of carbonyl (C=O) groups is 2. The highest BCUT2D eigenvalue weighted by Crippen LogP contribution is 2.43. The Bertz CT molecular complexity index is 1810. The van der Waals surface area contributed by atoms with Gasteiger partial charge < -0.3 is 10.0 Å². The average molecular weight is 620 g/mol. The van der Waals surface area contributed by atoms with E-state index in [0.29, 0.717) is 11.5 Å². The van der Waals surface area contributed by atoms with Gasteiger partial charge in [-0.1, -0.05) is 37.5 Å². The Balaban J connectivity index is 1.49. The van der Waals surface area contributed by atoms with Crippen molar-refractivity contribution in [3.8, 4) is 21.7 Å². The first-order valence-corrected chi connectivity index (χ1v) is 17.0. The van der Waals surface area contributed by atoms with Crippen LogP contribution in [0.4, 0.5) is 0 Å². The molecule has 45 heavy (non-hydrogen) atoms. The van der Waals surface area contributed by atoms with Crippen molar-refractivity contribution in [2.45, 2.75) is 78.1 Å². The summed E-state index contributed by atoms with van der Waals surface area (Å²) in [6, 6.07) is 14.9. The van der Waals surface area contributed by atoms with Gasteiger partial charge in [-0.15, -0.1) is 11.3 Å². The number of carbonyl (C=O) groups excluding carboxylic acids is 1. The molecule has 6 nitrogen and oxygen atoms in total. The Morgan fingerprint density at radius 3 is 2.40 bits per heavy atom. The lowest BCUT2D eigenvalue weighted by atomic mass is 9.78. The summed E-state index contributed by atoms with van der Waals surface area (Å²) in [4.78, 5) is 37.5. The summed E-state index contributed by atoms with van der Waals surface area (Å²) in [6.07, 6.45) is 14.0. The fourth-order valence-corrected chi connectivity index (χ4v) is 7.83. The number of likely N-dealkylation sites (tertiary alicyclic amines) is 1. The Morgan fingerprint density at radius 2 is 1.69 bits per heavy atom. The van der Waals surface area contributed by atoms with E-state index in [1.54, 1.807) is 17.4 Å². The van der Waals surface area contributed by atoms with E-state index in [0.717, 1.165) is 93.2 Å². The van der Waals surface area contributed by atoms with Gasteiger partial charge in [0.15, 0.2) is 0 Å². The molecule has 232 valence electrons. The molecule has 0 bridgehead atoms. The maximum absolute atomic E-state index is 13.3. The predicted octanol–water partition coefficient (Wildman–Crippen LogP) is 9.20. The maximum Gasteiger partial charge on any atom is 0.328 e. The van der Waals surface area contributed by atoms with E-state index in [1.165, 1.54) is 37.3 Å². The number of carboxylic acids is 1. The van der Waals surface area contributed by atoms with E-state index in [1.807, 2.05) is 31.7 Å². The molecule has 0 spiro atoms. The van der Waals surface area contributed by atoms with E-state index in [9.17, 15) is 14.7 Å². The minimum atomic E-state index is -0.960. The van der Waals surface area contributed by atoms with Gasteiger partial charge in [0.05, 0.1) is 26.8 Å². The van der Waals surface area contributed by atoms with Gasteiger partial charge in [0.1, 0.15) is 0 Å². The van der Waals surface area contributed by atoms with Crippen molar-refractivity contribution in [2.75, 3.05) is 13.1 Å². The first kappa shape index (κ1) is 30.9. The summed E-state index contributed by atoms with van der Waals surface area (Å²) in [5.74, 6) is -0.560. The van der Waals surface area contributed by atoms with Gasteiger partial charge >= 0.3 is 5.97 Å². The maximum atomic E-state index is 13.3. The highest BCUT2D eigenvalue weighted by atomic mass is 32.1. The summed E-state index contributed by atoms with van der Waals surface area (Å²) in [7, 11) is 0. The van der Waals surface area contributed by atoms with Crippen LogP contribution < -0.4 is 0 Å². The molecule has 1 amide bonds. The number of amides is 1. The van der Waals surface area contributed by atoms with Crippen molar-refractivity contribution in [3.05, 3.63) is 82.0 Å². The molecular formula is C38H41N3O3S. The smallest absolute Gasteiger partial charge is 0.328 e. The number of hydrogen-bond acceptors (Lipinski definition) is 5. The number of allylic oxidation sites excluding steroid dienone is 1. The number of piperidine rings is 1. The minimum Gasteiger partial charge on any atom is -0.478 e. The van der Waals surface area contributed by atoms with Crippen LogP contribution in [0, 0.1) is 13.8 Å². The van der Waals surface area contributed by atoms with Crippen molar-refractivity contribution < 1.29 is 14.7 Å². The van der Waals surface area contributed by atoms with Gasteiger partial charge in [0.25, 0.3) is 0 Å². The number of hydrogen-bond donors (Lipinski definition) is 1. The van der Waals surface area contributed by atoms with E-state index in [2.05, 4.69) is 47.4 Å². The molecule has 1 saturated carbocycles. The fraction of sp³-hybridized carbons (Fsp3) is 0.368. The number of aliphatic carboxylic acids is 1. The second-order valence-corrected chi connectivity index (χ2v) is 13.7. The Morgan fingerprint density at radius 1 is 0.933 bits per heavy atom. The normalized spacial score (nSPS) is 16.5. The molecule has 2 aromatic heterocycles. The molecular weight excluding hydrogens is 579 g/mol. The van der Waals surface area contributed by atoms with E-state index in [-0.39, 0.29) is 5.91 Å². The quantitative estimate of drug-likeness (QED) is 0.209. The lowest BCUT2D eigenvalue weighted by Gasteiger charge is -2.27. The highest BCUT2D eigenvalue weighted by molar-refractivity contribution is 7.15. The van der Waals surface area contributed by atoms with E-state index >= 15 is 0 Å². The number of fused-ring (bicyclic) bond motifs is 1. The Kier molecular flexibility index (Phi) is 9.27. The summed E-state index contributed by atoms with van der Waals surface area (Å²) in [6.45, 7) is 7.50. The Labute approximate surface area is 269 Å². The number of nitrogens with zero attached hydrogens (tertiary/aromatic N) is 3. The molecule has 1 saturated heterocycles. The first-order valence-electron chi connectivity index (χ1n) is 16.2. The standard InChI is InChI=1S/C38H41N3O3S/c1-24(20-36(43)44)31-22-30(14-17-35(42)41-18-8-5-9-19-41)37(32(23-31)27-10-6-4-7-11-27)29-13-15-33-28(21-29)12-16-34(40-33)38-25(2)39-26(3)45-38/h12-17,20-23,27H,4-11,18-19H2,1-3H3,(H,43,44)/b17-14+,24-20-. The number of carboxylic acid groups (broad SMARTS) is 1. The number of aryl methyl sites for hydroxylation is 2. The first-order chi connectivity index (χ1) is 21.8. The third-order valence-corrected chi connectivity index (χ3v) is 10.3.